The highest BCUT2D eigenvalue weighted by molar-refractivity contribution is 9.10. The second-order valence-electron chi connectivity index (χ2n) is 5.61. The van der Waals surface area contributed by atoms with E-state index in [2.05, 4.69) is 26.4 Å². The van der Waals surface area contributed by atoms with E-state index in [0.29, 0.717) is 4.91 Å². The molecule has 1 aromatic heterocycles. The van der Waals surface area contributed by atoms with Crippen molar-refractivity contribution in [2.24, 2.45) is 0 Å². The molecule has 2 aromatic rings. The number of carbonyl (C=O) groups is 2. The predicted octanol–water partition coefficient (Wildman–Crippen LogP) is 4.53. The van der Waals surface area contributed by atoms with Gasteiger partial charge in [0.05, 0.1) is 11.4 Å². The van der Waals surface area contributed by atoms with Crippen LogP contribution in [0.3, 0.4) is 0 Å². The van der Waals surface area contributed by atoms with Crippen molar-refractivity contribution in [3.8, 4) is 18.0 Å². The molecule has 0 saturated carbocycles. The number of aromatic nitrogens is 1. The molecule has 1 aliphatic rings. The maximum Gasteiger partial charge on any atom is 0.294 e. The van der Waals surface area contributed by atoms with Gasteiger partial charge in [0.25, 0.3) is 11.1 Å². The first-order valence-corrected chi connectivity index (χ1v) is 9.17. The minimum atomic E-state index is -0.333. The van der Waals surface area contributed by atoms with Crippen LogP contribution in [0.15, 0.2) is 39.7 Å². The van der Waals surface area contributed by atoms with Crippen LogP contribution in [0, 0.1) is 26.2 Å². The van der Waals surface area contributed by atoms with Crippen LogP contribution in [0.25, 0.3) is 11.8 Å². The third kappa shape index (κ3) is 3.30. The molecule has 0 bridgehead atoms. The smallest absolute Gasteiger partial charge is 0.294 e. The van der Waals surface area contributed by atoms with Gasteiger partial charge in [0, 0.05) is 21.5 Å². The molecule has 2 heterocycles. The lowest BCUT2D eigenvalue weighted by Crippen LogP contribution is -2.28. The average molecular weight is 415 g/mol. The number of rotatable bonds is 3. The quantitative estimate of drug-likeness (QED) is 0.547. The lowest BCUT2D eigenvalue weighted by molar-refractivity contribution is -0.122. The predicted molar refractivity (Wildman–Crippen MR) is 104 cm³/mol. The number of halogens is 1. The summed E-state index contributed by atoms with van der Waals surface area (Å²) in [5, 5.41) is -0.324. The van der Waals surface area contributed by atoms with Crippen LogP contribution in [0.1, 0.15) is 17.0 Å². The number of hydrogen-bond donors (Lipinski definition) is 0. The Bertz CT molecular complexity index is 953. The molecule has 126 valence electrons. The van der Waals surface area contributed by atoms with Gasteiger partial charge in [0.1, 0.15) is 0 Å². The van der Waals surface area contributed by atoms with E-state index < -0.39 is 0 Å². The van der Waals surface area contributed by atoms with Crippen molar-refractivity contribution in [2.75, 3.05) is 6.54 Å². The summed E-state index contributed by atoms with van der Waals surface area (Å²) in [6.07, 6.45) is 6.98. The summed E-state index contributed by atoms with van der Waals surface area (Å²) < 4.78 is 3.11. The van der Waals surface area contributed by atoms with Gasteiger partial charge in [-0.25, -0.2) is 0 Å². The molecule has 0 aliphatic carbocycles. The monoisotopic (exact) mass is 414 g/mol. The maximum absolute atomic E-state index is 12.3. The molecule has 1 aliphatic heterocycles. The number of imide groups is 1. The standard InChI is InChI=1S/C19H15BrN2O2S/c1-4-8-21-18(23)17(25-19(21)24)10-14-9-12(2)22(13(14)3)16-7-5-6-15(20)11-16/h1,5-7,9-11H,8H2,2-3H3/b17-10+. The Morgan fingerprint density at radius 3 is 2.72 bits per heavy atom. The molecule has 0 radical (unpaired) electrons. The van der Waals surface area contributed by atoms with E-state index in [1.807, 2.05) is 44.2 Å². The van der Waals surface area contributed by atoms with Gasteiger partial charge < -0.3 is 4.57 Å². The third-order valence-corrected chi connectivity index (χ3v) is 5.35. The van der Waals surface area contributed by atoms with Crippen LogP contribution in [0.2, 0.25) is 0 Å². The molecular formula is C19H15BrN2O2S. The van der Waals surface area contributed by atoms with Crippen molar-refractivity contribution in [1.29, 1.82) is 0 Å². The molecule has 0 spiro atoms. The first-order valence-electron chi connectivity index (χ1n) is 7.56. The molecule has 2 amide bonds. The molecule has 0 atom stereocenters. The van der Waals surface area contributed by atoms with Crippen LogP contribution in [0.4, 0.5) is 4.79 Å². The molecule has 0 N–H and O–H groups in total. The van der Waals surface area contributed by atoms with Gasteiger partial charge in [-0.05, 0) is 61.5 Å². The van der Waals surface area contributed by atoms with Crippen molar-refractivity contribution in [1.82, 2.24) is 9.47 Å². The van der Waals surface area contributed by atoms with E-state index in [0.717, 1.165) is 43.8 Å². The minimum Gasteiger partial charge on any atom is -0.318 e. The highest BCUT2D eigenvalue weighted by atomic mass is 79.9. The number of amides is 2. The summed E-state index contributed by atoms with van der Waals surface area (Å²) in [5.74, 6) is 2.01. The average Bonchev–Trinajstić information content (AvgIpc) is 2.98. The Morgan fingerprint density at radius 2 is 2.04 bits per heavy atom. The number of terminal acetylenes is 1. The van der Waals surface area contributed by atoms with Gasteiger partial charge in [-0.2, -0.15) is 0 Å². The molecule has 1 aromatic carbocycles. The summed E-state index contributed by atoms with van der Waals surface area (Å²) in [4.78, 5) is 25.7. The Hall–Kier alpha value is -2.23. The molecule has 1 fully saturated rings. The van der Waals surface area contributed by atoms with Crippen LogP contribution < -0.4 is 0 Å². The largest absolute Gasteiger partial charge is 0.318 e. The number of nitrogens with zero attached hydrogens (tertiary/aromatic N) is 2. The first kappa shape index (κ1) is 17.6. The van der Waals surface area contributed by atoms with E-state index in [4.69, 9.17) is 6.42 Å². The normalized spacial score (nSPS) is 15.9. The van der Waals surface area contributed by atoms with E-state index in [9.17, 15) is 9.59 Å². The van der Waals surface area contributed by atoms with Crippen LogP contribution >= 0.6 is 27.7 Å². The highest BCUT2D eigenvalue weighted by Gasteiger charge is 2.34. The van der Waals surface area contributed by atoms with E-state index >= 15 is 0 Å². The van der Waals surface area contributed by atoms with Crippen LogP contribution in [0.5, 0.6) is 0 Å². The Labute approximate surface area is 159 Å². The summed E-state index contributed by atoms with van der Waals surface area (Å²) in [6, 6.07) is 10.0. The zero-order valence-corrected chi connectivity index (χ0v) is 16.1. The molecule has 25 heavy (non-hydrogen) atoms. The van der Waals surface area contributed by atoms with Crippen molar-refractivity contribution in [2.45, 2.75) is 13.8 Å². The van der Waals surface area contributed by atoms with Gasteiger partial charge in [-0.1, -0.05) is 27.9 Å². The van der Waals surface area contributed by atoms with Gasteiger partial charge in [0.2, 0.25) is 0 Å². The fourth-order valence-electron chi connectivity index (χ4n) is 2.82. The summed E-state index contributed by atoms with van der Waals surface area (Å²) in [6.45, 7) is 4.00. The lowest BCUT2D eigenvalue weighted by Gasteiger charge is -2.10. The lowest BCUT2D eigenvalue weighted by atomic mass is 10.2. The summed E-state index contributed by atoms with van der Waals surface area (Å²) >= 11 is 4.41. The molecular weight excluding hydrogens is 400 g/mol. The molecule has 3 rings (SSSR count). The Morgan fingerprint density at radius 1 is 1.28 bits per heavy atom. The number of benzene rings is 1. The zero-order valence-electron chi connectivity index (χ0n) is 13.7. The van der Waals surface area contributed by atoms with Gasteiger partial charge in [-0.15, -0.1) is 6.42 Å². The number of thioether (sulfide) groups is 1. The van der Waals surface area contributed by atoms with Crippen molar-refractivity contribution in [3.63, 3.8) is 0 Å². The van der Waals surface area contributed by atoms with Crippen molar-refractivity contribution in [3.05, 3.63) is 56.7 Å². The topological polar surface area (TPSA) is 42.3 Å². The van der Waals surface area contributed by atoms with E-state index in [1.54, 1.807) is 6.08 Å². The van der Waals surface area contributed by atoms with E-state index in [-0.39, 0.29) is 17.7 Å². The van der Waals surface area contributed by atoms with E-state index in [1.165, 1.54) is 0 Å². The van der Waals surface area contributed by atoms with Gasteiger partial charge in [-0.3, -0.25) is 14.5 Å². The number of carbonyl (C=O) groups excluding carboxylic acids is 2. The van der Waals surface area contributed by atoms with Gasteiger partial charge in [0.15, 0.2) is 0 Å². The third-order valence-electron chi connectivity index (χ3n) is 3.95. The van der Waals surface area contributed by atoms with Crippen molar-refractivity contribution >= 4 is 44.9 Å². The second kappa shape index (κ2) is 6.95. The zero-order chi connectivity index (χ0) is 18.1. The van der Waals surface area contributed by atoms with Crippen molar-refractivity contribution < 1.29 is 9.59 Å². The molecule has 0 unspecified atom stereocenters. The van der Waals surface area contributed by atoms with Crippen LogP contribution in [-0.2, 0) is 4.79 Å². The number of hydrogen-bond acceptors (Lipinski definition) is 3. The first-order chi connectivity index (χ1) is 11.9. The molecule has 4 nitrogen and oxygen atoms in total. The second-order valence-corrected chi connectivity index (χ2v) is 7.52. The minimum absolute atomic E-state index is 0.000922. The van der Waals surface area contributed by atoms with Crippen LogP contribution in [-0.4, -0.2) is 27.2 Å². The SMILES string of the molecule is C#CCN1C(=O)S/C(=C/c2cc(C)n(-c3cccc(Br)c3)c2C)C1=O. The summed E-state index contributed by atoms with van der Waals surface area (Å²) in [5.41, 5.74) is 3.98. The Balaban J connectivity index is 2.01. The highest BCUT2D eigenvalue weighted by Crippen LogP contribution is 2.33. The van der Waals surface area contributed by atoms with Gasteiger partial charge >= 0.3 is 0 Å². The fraction of sp³-hybridized carbons (Fsp3) is 0.158. The molecule has 6 heteroatoms. The Kier molecular flexibility index (Phi) is 4.89. The maximum atomic E-state index is 12.3. The fourth-order valence-corrected chi connectivity index (χ4v) is 4.03. The molecule has 1 saturated heterocycles. The summed E-state index contributed by atoms with van der Waals surface area (Å²) in [7, 11) is 0. The number of aryl methyl sites for hydroxylation is 1.